The van der Waals surface area contributed by atoms with Gasteiger partial charge >= 0.3 is 12.1 Å². The molecule has 2 N–H and O–H groups in total. The Bertz CT molecular complexity index is 1310. The summed E-state index contributed by atoms with van der Waals surface area (Å²) in [4.78, 5) is 19.5. The number of aromatic nitrogens is 1. The molecule has 0 aliphatic heterocycles. The molecule has 0 radical (unpaired) electrons. The third-order valence-corrected chi connectivity index (χ3v) is 6.80. The van der Waals surface area contributed by atoms with E-state index in [4.69, 9.17) is 0 Å². The molecule has 4 rings (SSSR count). The number of aliphatic hydroxyl groups excluding tert-OH is 1. The highest BCUT2D eigenvalue weighted by Crippen LogP contribution is 2.46. The van der Waals surface area contributed by atoms with Crippen LogP contribution in [0.4, 0.5) is 18.9 Å². The van der Waals surface area contributed by atoms with E-state index in [0.29, 0.717) is 26.5 Å². The predicted molar refractivity (Wildman–Crippen MR) is 125 cm³/mol. The lowest BCUT2D eigenvalue weighted by Crippen LogP contribution is -2.31. The summed E-state index contributed by atoms with van der Waals surface area (Å²) in [5, 5.41) is 21.7. The molecule has 0 spiro atoms. The van der Waals surface area contributed by atoms with Crippen LogP contribution in [-0.2, 0) is 11.0 Å². The summed E-state index contributed by atoms with van der Waals surface area (Å²) >= 11 is 2.67. The van der Waals surface area contributed by atoms with Crippen LogP contribution in [0.1, 0.15) is 5.56 Å². The number of alkyl halides is 3. The topological polar surface area (TPSA) is 73.7 Å². The lowest BCUT2D eigenvalue weighted by Gasteiger charge is -2.23. The summed E-state index contributed by atoms with van der Waals surface area (Å²) in [5.74, 6) is -1.43. The number of aliphatic hydroxyl groups is 1. The molecule has 0 aliphatic rings. The lowest BCUT2D eigenvalue weighted by atomic mass is 10.1. The van der Waals surface area contributed by atoms with Crippen molar-refractivity contribution in [2.24, 2.45) is 0 Å². The molecule has 5 nitrogen and oxygen atoms in total. The minimum Gasteiger partial charge on any atom is -0.511 e. The van der Waals surface area contributed by atoms with E-state index in [1.807, 2.05) is 17.5 Å². The van der Waals surface area contributed by atoms with E-state index in [2.05, 4.69) is 11.6 Å². The van der Waals surface area contributed by atoms with E-state index in [9.17, 15) is 28.2 Å². The van der Waals surface area contributed by atoms with Crippen LogP contribution < -0.4 is 4.90 Å². The first-order valence-corrected chi connectivity index (χ1v) is 11.3. The fourth-order valence-corrected chi connectivity index (χ4v) is 5.36. The van der Waals surface area contributed by atoms with Crippen LogP contribution in [0.3, 0.4) is 0 Å². The number of carboxylic acid groups (broad SMARTS) is 1. The molecule has 0 amide bonds. The maximum atomic E-state index is 13.4. The van der Waals surface area contributed by atoms with Crippen LogP contribution in [0, 0.1) is 0 Å². The number of nitrogens with zero attached hydrogens (tertiary/aromatic N) is 2. The van der Waals surface area contributed by atoms with Crippen molar-refractivity contribution in [3.63, 3.8) is 0 Å². The smallest absolute Gasteiger partial charge is 0.416 e. The van der Waals surface area contributed by atoms with Crippen molar-refractivity contribution in [1.82, 2.24) is 4.98 Å². The standard InChI is InChI=1S/C23H17F3N2O3S2/c1-13(29)11-28(12-19(30)31)20-16-7-8-17(18-6-3-9-32-18)27-22(16)33-21(20)14-4-2-5-15(10-14)23(24,25)26/h2-10,29H,1,11-12H2,(H,30,31). The number of hydrogen-bond donors (Lipinski definition) is 2. The normalized spacial score (nSPS) is 11.6. The van der Waals surface area contributed by atoms with Gasteiger partial charge in [0.15, 0.2) is 0 Å². The summed E-state index contributed by atoms with van der Waals surface area (Å²) in [5.41, 5.74) is 0.556. The van der Waals surface area contributed by atoms with Gasteiger partial charge < -0.3 is 15.1 Å². The molecule has 0 bridgehead atoms. The predicted octanol–water partition coefficient (Wildman–Crippen LogP) is 6.67. The minimum atomic E-state index is -4.53. The highest BCUT2D eigenvalue weighted by atomic mass is 32.1. The molecule has 0 aliphatic carbocycles. The maximum Gasteiger partial charge on any atom is 0.416 e. The maximum absolute atomic E-state index is 13.4. The van der Waals surface area contributed by atoms with E-state index < -0.39 is 24.3 Å². The third kappa shape index (κ3) is 4.86. The van der Waals surface area contributed by atoms with Gasteiger partial charge in [-0.25, -0.2) is 4.98 Å². The van der Waals surface area contributed by atoms with Crippen LogP contribution in [0.15, 0.2) is 66.2 Å². The van der Waals surface area contributed by atoms with E-state index in [1.54, 1.807) is 12.1 Å². The van der Waals surface area contributed by atoms with Gasteiger partial charge in [-0.15, -0.1) is 22.7 Å². The van der Waals surface area contributed by atoms with E-state index in [0.717, 1.165) is 17.0 Å². The van der Waals surface area contributed by atoms with Crippen LogP contribution in [-0.4, -0.2) is 34.3 Å². The Kier molecular flexibility index (Phi) is 6.13. The van der Waals surface area contributed by atoms with Crippen molar-refractivity contribution in [3.8, 4) is 21.0 Å². The zero-order chi connectivity index (χ0) is 23.8. The monoisotopic (exact) mass is 490 g/mol. The van der Waals surface area contributed by atoms with Crippen molar-refractivity contribution < 1.29 is 28.2 Å². The minimum absolute atomic E-state index is 0.198. The van der Waals surface area contributed by atoms with Gasteiger partial charge in [0.05, 0.1) is 33.2 Å². The molecule has 0 atom stereocenters. The molecule has 4 aromatic rings. The lowest BCUT2D eigenvalue weighted by molar-refractivity contribution is -0.137. The average molecular weight is 491 g/mol. The summed E-state index contributed by atoms with van der Waals surface area (Å²) in [7, 11) is 0. The Hall–Kier alpha value is -3.37. The Morgan fingerprint density at radius 3 is 2.52 bits per heavy atom. The SMILES string of the molecule is C=C(O)CN(CC(=O)O)c1c(-c2cccc(C(F)(F)F)c2)sc2nc(-c3cccs3)ccc12. The van der Waals surface area contributed by atoms with Crippen molar-refractivity contribution >= 4 is 44.5 Å². The van der Waals surface area contributed by atoms with Gasteiger partial charge in [-0.05, 0) is 41.3 Å². The van der Waals surface area contributed by atoms with E-state index in [1.165, 1.54) is 39.7 Å². The van der Waals surface area contributed by atoms with Crippen LogP contribution in [0.25, 0.3) is 31.2 Å². The second-order valence-corrected chi connectivity index (χ2v) is 9.15. The van der Waals surface area contributed by atoms with Gasteiger partial charge in [-0.3, -0.25) is 4.79 Å². The Labute approximate surface area is 194 Å². The van der Waals surface area contributed by atoms with Crippen molar-refractivity contribution in [1.29, 1.82) is 0 Å². The van der Waals surface area contributed by atoms with Crippen molar-refractivity contribution in [2.75, 3.05) is 18.0 Å². The Morgan fingerprint density at radius 2 is 1.88 bits per heavy atom. The number of hydrogen-bond acceptors (Lipinski definition) is 6. The Balaban J connectivity index is 1.96. The second kappa shape index (κ2) is 8.87. The highest BCUT2D eigenvalue weighted by molar-refractivity contribution is 7.22. The van der Waals surface area contributed by atoms with Gasteiger partial charge in [0.2, 0.25) is 0 Å². The summed E-state index contributed by atoms with van der Waals surface area (Å²) < 4.78 is 40.1. The van der Waals surface area contributed by atoms with Crippen LogP contribution in [0.5, 0.6) is 0 Å². The molecular formula is C23H17F3N2O3S2. The Morgan fingerprint density at radius 1 is 1.09 bits per heavy atom. The summed E-state index contributed by atoms with van der Waals surface area (Å²) in [6, 6.07) is 12.2. The molecule has 1 aromatic carbocycles. The number of halogens is 3. The quantitative estimate of drug-likeness (QED) is 0.283. The zero-order valence-electron chi connectivity index (χ0n) is 17.0. The second-order valence-electron chi connectivity index (χ2n) is 7.20. The molecule has 0 saturated heterocycles. The average Bonchev–Trinajstić information content (AvgIpc) is 3.39. The number of thiophene rings is 2. The van der Waals surface area contributed by atoms with Crippen molar-refractivity contribution in [3.05, 3.63) is 71.8 Å². The van der Waals surface area contributed by atoms with Crippen LogP contribution >= 0.6 is 22.7 Å². The van der Waals surface area contributed by atoms with E-state index >= 15 is 0 Å². The molecule has 0 unspecified atom stereocenters. The molecule has 170 valence electrons. The number of aliphatic carboxylic acids is 1. The third-order valence-electron chi connectivity index (χ3n) is 4.77. The van der Waals surface area contributed by atoms with Gasteiger partial charge in [0, 0.05) is 5.39 Å². The van der Waals surface area contributed by atoms with Gasteiger partial charge in [-0.2, -0.15) is 13.2 Å². The molecule has 33 heavy (non-hydrogen) atoms. The van der Waals surface area contributed by atoms with Crippen LogP contribution in [0.2, 0.25) is 0 Å². The van der Waals surface area contributed by atoms with Gasteiger partial charge in [0.1, 0.15) is 17.1 Å². The molecule has 0 saturated carbocycles. The number of benzene rings is 1. The molecule has 3 heterocycles. The van der Waals surface area contributed by atoms with Gasteiger partial charge in [-0.1, -0.05) is 24.8 Å². The fraction of sp³-hybridized carbons (Fsp3) is 0.130. The first-order chi connectivity index (χ1) is 15.6. The number of pyridine rings is 1. The largest absolute Gasteiger partial charge is 0.511 e. The zero-order valence-corrected chi connectivity index (χ0v) is 18.6. The number of carbonyl (C=O) groups is 1. The van der Waals surface area contributed by atoms with Gasteiger partial charge in [0.25, 0.3) is 0 Å². The number of carboxylic acids is 1. The van der Waals surface area contributed by atoms with Crippen molar-refractivity contribution in [2.45, 2.75) is 6.18 Å². The molecule has 0 fully saturated rings. The highest BCUT2D eigenvalue weighted by Gasteiger charge is 2.31. The summed E-state index contributed by atoms with van der Waals surface area (Å²) in [6.45, 7) is 2.77. The number of anilines is 1. The first-order valence-electron chi connectivity index (χ1n) is 9.62. The summed E-state index contributed by atoms with van der Waals surface area (Å²) in [6.07, 6.45) is -4.53. The number of fused-ring (bicyclic) bond motifs is 1. The molecular weight excluding hydrogens is 473 g/mol. The van der Waals surface area contributed by atoms with E-state index in [-0.39, 0.29) is 17.9 Å². The molecule has 3 aromatic heterocycles. The molecule has 10 heteroatoms. The number of rotatable bonds is 7. The first kappa shape index (κ1) is 22.8. The fourth-order valence-electron chi connectivity index (χ4n) is 3.47.